The summed E-state index contributed by atoms with van der Waals surface area (Å²) in [4.78, 5) is 19.3. The molecule has 0 aromatic carbocycles. The highest BCUT2D eigenvalue weighted by Crippen LogP contribution is 2.47. The topological polar surface area (TPSA) is 71.2 Å². The van der Waals surface area contributed by atoms with Crippen molar-refractivity contribution in [1.82, 2.24) is 4.98 Å². The summed E-state index contributed by atoms with van der Waals surface area (Å²) in [5.41, 5.74) is 7.02. The minimum absolute atomic E-state index is 0.0167. The lowest BCUT2D eigenvalue weighted by Gasteiger charge is -2.27. The van der Waals surface area contributed by atoms with Crippen molar-refractivity contribution in [1.29, 1.82) is 0 Å². The van der Waals surface area contributed by atoms with Crippen molar-refractivity contribution in [3.63, 3.8) is 0 Å². The number of fused-ring (bicyclic) bond motifs is 2. The lowest BCUT2D eigenvalue weighted by Crippen LogP contribution is -2.42. The highest BCUT2D eigenvalue weighted by atomic mass is 16.2. The second kappa shape index (κ2) is 5.54. The molecule has 0 spiro atoms. The molecule has 3 N–H and O–H groups in total. The van der Waals surface area contributed by atoms with Crippen LogP contribution in [0.4, 0.5) is 11.5 Å². The average Bonchev–Trinajstić information content (AvgIpc) is 3.25. The first-order valence-electron chi connectivity index (χ1n) is 8.50. The van der Waals surface area contributed by atoms with Gasteiger partial charge in [-0.2, -0.15) is 0 Å². The predicted molar refractivity (Wildman–Crippen MR) is 86.6 cm³/mol. The van der Waals surface area contributed by atoms with Crippen LogP contribution in [0.15, 0.2) is 18.3 Å². The van der Waals surface area contributed by atoms with E-state index in [1.807, 2.05) is 12.1 Å². The standard InChI is InChI=1S/C17H24N4O/c18-16-12-4-3-11(9-12)15(16)17(22)20-13-5-6-14(19-10-13)21-7-1-2-8-21/h5-6,10-12,15-16H,1-4,7-9,18H2,(H,20,22). The number of pyridine rings is 1. The fraction of sp³-hybridized carbons (Fsp3) is 0.647. The van der Waals surface area contributed by atoms with Gasteiger partial charge in [-0.25, -0.2) is 4.98 Å². The molecule has 4 unspecified atom stereocenters. The summed E-state index contributed by atoms with van der Waals surface area (Å²) in [6.45, 7) is 2.16. The molecule has 2 bridgehead atoms. The van der Waals surface area contributed by atoms with Crippen LogP contribution < -0.4 is 16.0 Å². The largest absolute Gasteiger partial charge is 0.357 e. The number of anilines is 2. The van der Waals surface area contributed by atoms with E-state index in [2.05, 4.69) is 15.2 Å². The highest BCUT2D eigenvalue weighted by Gasteiger charge is 2.49. The molecule has 4 rings (SSSR count). The number of hydrogen-bond acceptors (Lipinski definition) is 4. The van der Waals surface area contributed by atoms with Gasteiger partial charge < -0.3 is 16.0 Å². The summed E-state index contributed by atoms with van der Waals surface area (Å²) in [5.74, 6) is 2.10. The third kappa shape index (κ3) is 2.37. The molecular formula is C17H24N4O. The zero-order chi connectivity index (χ0) is 15.1. The molecule has 1 amide bonds. The Morgan fingerprint density at radius 3 is 2.64 bits per heavy atom. The third-order valence-corrected chi connectivity index (χ3v) is 5.73. The Labute approximate surface area is 131 Å². The van der Waals surface area contributed by atoms with Crippen molar-refractivity contribution in [2.24, 2.45) is 23.5 Å². The minimum atomic E-state index is -0.0167. The van der Waals surface area contributed by atoms with Crippen LogP contribution in [0.1, 0.15) is 32.1 Å². The van der Waals surface area contributed by atoms with E-state index in [0.29, 0.717) is 11.8 Å². The van der Waals surface area contributed by atoms with Crippen LogP contribution in [0.3, 0.4) is 0 Å². The Kier molecular flexibility index (Phi) is 3.53. The molecular weight excluding hydrogens is 276 g/mol. The number of rotatable bonds is 3. The van der Waals surface area contributed by atoms with Gasteiger partial charge in [0.1, 0.15) is 5.82 Å². The molecule has 3 fully saturated rings. The van der Waals surface area contributed by atoms with Crippen LogP contribution in [0.2, 0.25) is 0 Å². The number of carbonyl (C=O) groups is 1. The van der Waals surface area contributed by atoms with Crippen LogP contribution in [-0.2, 0) is 4.79 Å². The molecule has 0 radical (unpaired) electrons. The number of nitrogens with one attached hydrogen (secondary N) is 1. The molecule has 2 saturated carbocycles. The molecule has 1 aromatic heterocycles. The Morgan fingerprint density at radius 2 is 2.00 bits per heavy atom. The number of aromatic nitrogens is 1. The van der Waals surface area contributed by atoms with Gasteiger partial charge in [-0.15, -0.1) is 0 Å². The number of amides is 1. The van der Waals surface area contributed by atoms with Crippen molar-refractivity contribution >= 4 is 17.4 Å². The van der Waals surface area contributed by atoms with Gasteiger partial charge in [0.25, 0.3) is 0 Å². The van der Waals surface area contributed by atoms with Gasteiger partial charge in [-0.05, 0) is 56.1 Å². The third-order valence-electron chi connectivity index (χ3n) is 5.73. The van der Waals surface area contributed by atoms with Gasteiger partial charge in [-0.1, -0.05) is 0 Å². The summed E-state index contributed by atoms with van der Waals surface area (Å²) < 4.78 is 0. The summed E-state index contributed by atoms with van der Waals surface area (Å²) >= 11 is 0. The highest BCUT2D eigenvalue weighted by molar-refractivity contribution is 5.93. The van der Waals surface area contributed by atoms with E-state index in [-0.39, 0.29) is 17.9 Å². The smallest absolute Gasteiger partial charge is 0.229 e. The van der Waals surface area contributed by atoms with E-state index in [1.165, 1.54) is 19.3 Å². The van der Waals surface area contributed by atoms with E-state index >= 15 is 0 Å². The molecule has 118 valence electrons. The van der Waals surface area contributed by atoms with Crippen LogP contribution in [0.25, 0.3) is 0 Å². The lowest BCUT2D eigenvalue weighted by atomic mass is 9.84. The SMILES string of the molecule is NC1C2CCC(C2)C1C(=O)Nc1ccc(N2CCCC2)nc1. The maximum absolute atomic E-state index is 12.5. The summed E-state index contributed by atoms with van der Waals surface area (Å²) in [6.07, 6.45) is 7.73. The van der Waals surface area contributed by atoms with Gasteiger partial charge in [-0.3, -0.25) is 4.79 Å². The van der Waals surface area contributed by atoms with Gasteiger partial charge in [0, 0.05) is 19.1 Å². The Morgan fingerprint density at radius 1 is 1.23 bits per heavy atom. The average molecular weight is 300 g/mol. The van der Waals surface area contributed by atoms with Gasteiger partial charge >= 0.3 is 0 Å². The van der Waals surface area contributed by atoms with Crippen molar-refractivity contribution in [3.05, 3.63) is 18.3 Å². The van der Waals surface area contributed by atoms with Crippen LogP contribution in [0.5, 0.6) is 0 Å². The Balaban J connectivity index is 1.41. The second-order valence-electron chi connectivity index (χ2n) is 7.02. The lowest BCUT2D eigenvalue weighted by molar-refractivity contribution is -0.121. The van der Waals surface area contributed by atoms with E-state index in [0.717, 1.165) is 37.4 Å². The zero-order valence-corrected chi connectivity index (χ0v) is 12.9. The summed E-state index contributed by atoms with van der Waals surface area (Å²) in [6, 6.07) is 3.99. The molecule has 1 aromatic rings. The Bertz CT molecular complexity index is 550. The normalized spacial score (nSPS) is 33.4. The molecule has 2 aliphatic carbocycles. The summed E-state index contributed by atoms with van der Waals surface area (Å²) in [5, 5.41) is 3.02. The molecule has 2 heterocycles. The first kappa shape index (κ1) is 14.0. The van der Waals surface area contributed by atoms with Crippen molar-refractivity contribution in [2.45, 2.75) is 38.1 Å². The minimum Gasteiger partial charge on any atom is -0.357 e. The second-order valence-corrected chi connectivity index (χ2v) is 7.02. The van der Waals surface area contributed by atoms with E-state index in [9.17, 15) is 4.79 Å². The molecule has 5 nitrogen and oxygen atoms in total. The van der Waals surface area contributed by atoms with Crippen LogP contribution >= 0.6 is 0 Å². The maximum Gasteiger partial charge on any atom is 0.229 e. The predicted octanol–water partition coefficient (Wildman–Crippen LogP) is 1.99. The van der Waals surface area contributed by atoms with E-state index in [1.54, 1.807) is 6.20 Å². The number of hydrogen-bond donors (Lipinski definition) is 2. The van der Waals surface area contributed by atoms with Gasteiger partial charge in [0.15, 0.2) is 0 Å². The number of carbonyl (C=O) groups excluding carboxylic acids is 1. The van der Waals surface area contributed by atoms with Gasteiger partial charge in [0.2, 0.25) is 5.91 Å². The number of nitrogens with two attached hydrogens (primary N) is 1. The Hall–Kier alpha value is -1.62. The fourth-order valence-corrected chi connectivity index (χ4v) is 4.54. The fourth-order valence-electron chi connectivity index (χ4n) is 4.54. The summed E-state index contributed by atoms with van der Waals surface area (Å²) in [7, 11) is 0. The van der Waals surface area contributed by atoms with Crippen LogP contribution in [0, 0.1) is 17.8 Å². The molecule has 3 aliphatic rings. The van der Waals surface area contributed by atoms with E-state index in [4.69, 9.17) is 5.73 Å². The molecule has 5 heteroatoms. The monoisotopic (exact) mass is 300 g/mol. The number of nitrogens with zero attached hydrogens (tertiary/aromatic N) is 2. The molecule has 22 heavy (non-hydrogen) atoms. The van der Waals surface area contributed by atoms with Crippen molar-refractivity contribution < 1.29 is 4.79 Å². The molecule has 1 aliphatic heterocycles. The molecule has 4 atom stereocenters. The first-order valence-corrected chi connectivity index (χ1v) is 8.50. The maximum atomic E-state index is 12.5. The van der Waals surface area contributed by atoms with Gasteiger partial charge in [0.05, 0.1) is 17.8 Å². The van der Waals surface area contributed by atoms with Crippen molar-refractivity contribution in [3.8, 4) is 0 Å². The zero-order valence-electron chi connectivity index (χ0n) is 12.9. The van der Waals surface area contributed by atoms with Crippen molar-refractivity contribution in [2.75, 3.05) is 23.3 Å². The quantitative estimate of drug-likeness (QED) is 0.895. The molecule has 1 saturated heterocycles. The van der Waals surface area contributed by atoms with Crippen LogP contribution in [-0.4, -0.2) is 30.0 Å². The first-order chi connectivity index (χ1) is 10.7. The van der Waals surface area contributed by atoms with E-state index < -0.39 is 0 Å².